The Balaban J connectivity index is 1.98. The minimum Gasteiger partial charge on any atom is -0.496 e. The van der Waals surface area contributed by atoms with Crippen LogP contribution in [0.1, 0.15) is 22.3 Å². The average molecular weight is 459 g/mol. The van der Waals surface area contributed by atoms with Gasteiger partial charge < -0.3 is 15.4 Å². The fourth-order valence-corrected chi connectivity index (χ4v) is 2.99. The molecule has 5 nitrogen and oxygen atoms in total. The van der Waals surface area contributed by atoms with Gasteiger partial charge in [-0.2, -0.15) is 13.2 Å². The first-order chi connectivity index (χ1) is 13.2. The van der Waals surface area contributed by atoms with Crippen LogP contribution in [0.3, 0.4) is 0 Å². The van der Waals surface area contributed by atoms with Gasteiger partial charge in [0.15, 0.2) is 0 Å². The topological polar surface area (TPSA) is 67.4 Å². The molecule has 0 aromatic heterocycles. The Morgan fingerprint density at radius 3 is 2.50 bits per heavy atom. The molecule has 0 aliphatic rings. The molecule has 0 aliphatic carbocycles. The van der Waals surface area contributed by atoms with Crippen LogP contribution in [0, 0.1) is 0 Å². The van der Waals surface area contributed by atoms with Gasteiger partial charge in [0.25, 0.3) is 5.91 Å². The number of rotatable bonds is 7. The molecule has 150 valence electrons. The summed E-state index contributed by atoms with van der Waals surface area (Å²) >= 11 is 3.37. The standard InChI is InChI=1S/C19H18BrF3N2O3/c1-28-16-8-6-12(10-14(16)20)7-9-17(26)25-15-5-3-2-4-13(15)18(27)24-11-19(21,22)23/h2-6,8,10H,7,9,11H2,1H3,(H,24,27)(H,25,26). The molecule has 2 rings (SSSR count). The highest BCUT2D eigenvalue weighted by Crippen LogP contribution is 2.26. The third kappa shape index (κ3) is 6.56. The summed E-state index contributed by atoms with van der Waals surface area (Å²) in [6.07, 6.45) is -3.94. The predicted octanol–water partition coefficient (Wildman–Crippen LogP) is 4.32. The lowest BCUT2D eigenvalue weighted by molar-refractivity contribution is -0.123. The van der Waals surface area contributed by atoms with Crippen LogP contribution in [0.25, 0.3) is 0 Å². The molecule has 9 heteroatoms. The monoisotopic (exact) mass is 458 g/mol. The van der Waals surface area contributed by atoms with E-state index in [1.54, 1.807) is 24.6 Å². The molecule has 28 heavy (non-hydrogen) atoms. The van der Waals surface area contributed by atoms with Gasteiger partial charge in [-0.3, -0.25) is 9.59 Å². The van der Waals surface area contributed by atoms with Crippen molar-refractivity contribution in [1.82, 2.24) is 5.32 Å². The maximum atomic E-state index is 12.3. The number of aryl methyl sites for hydroxylation is 1. The van der Waals surface area contributed by atoms with E-state index in [4.69, 9.17) is 4.74 Å². The second-order valence-corrected chi connectivity index (χ2v) is 6.71. The van der Waals surface area contributed by atoms with Crippen LogP contribution in [-0.2, 0) is 11.2 Å². The lowest BCUT2D eigenvalue weighted by atomic mass is 10.1. The number of carbonyl (C=O) groups excluding carboxylic acids is 2. The average Bonchev–Trinajstić information content (AvgIpc) is 2.64. The van der Waals surface area contributed by atoms with Gasteiger partial charge in [-0.25, -0.2) is 0 Å². The molecule has 0 heterocycles. The summed E-state index contributed by atoms with van der Waals surface area (Å²) < 4.78 is 42.8. The van der Waals surface area contributed by atoms with Crippen LogP contribution in [0.4, 0.5) is 18.9 Å². The minimum absolute atomic E-state index is 0.0349. The minimum atomic E-state index is -4.51. The highest BCUT2D eigenvalue weighted by molar-refractivity contribution is 9.10. The Morgan fingerprint density at radius 2 is 1.86 bits per heavy atom. The highest BCUT2D eigenvalue weighted by Gasteiger charge is 2.28. The lowest BCUT2D eigenvalue weighted by Crippen LogP contribution is -2.34. The molecule has 0 atom stereocenters. The second-order valence-electron chi connectivity index (χ2n) is 5.86. The van der Waals surface area contributed by atoms with Crippen LogP contribution < -0.4 is 15.4 Å². The van der Waals surface area contributed by atoms with Crippen LogP contribution in [0.2, 0.25) is 0 Å². The normalized spacial score (nSPS) is 11.0. The molecular formula is C19H18BrF3N2O3. The van der Waals surface area contributed by atoms with Crippen LogP contribution in [0.15, 0.2) is 46.9 Å². The molecule has 0 saturated carbocycles. The second kappa shape index (κ2) is 9.59. The zero-order chi connectivity index (χ0) is 20.7. The van der Waals surface area contributed by atoms with E-state index in [2.05, 4.69) is 21.2 Å². The van der Waals surface area contributed by atoms with E-state index in [0.717, 1.165) is 10.0 Å². The van der Waals surface area contributed by atoms with Crippen molar-refractivity contribution in [3.63, 3.8) is 0 Å². The third-order valence-corrected chi connectivity index (χ3v) is 4.37. The maximum Gasteiger partial charge on any atom is 0.405 e. The summed E-state index contributed by atoms with van der Waals surface area (Å²) in [5.74, 6) is -0.595. The largest absolute Gasteiger partial charge is 0.496 e. The number of hydrogen-bond acceptors (Lipinski definition) is 3. The van der Waals surface area contributed by atoms with Crippen molar-refractivity contribution in [3.05, 3.63) is 58.1 Å². The molecule has 0 fully saturated rings. The van der Waals surface area contributed by atoms with E-state index < -0.39 is 18.6 Å². The van der Waals surface area contributed by atoms with Crippen LogP contribution in [-0.4, -0.2) is 31.6 Å². The van der Waals surface area contributed by atoms with E-state index in [0.29, 0.717) is 12.2 Å². The summed E-state index contributed by atoms with van der Waals surface area (Å²) in [4.78, 5) is 24.2. The zero-order valence-corrected chi connectivity index (χ0v) is 16.5. The summed E-state index contributed by atoms with van der Waals surface area (Å²) in [6, 6.07) is 11.3. The van der Waals surface area contributed by atoms with Crippen molar-refractivity contribution < 1.29 is 27.5 Å². The molecule has 0 spiro atoms. The molecule has 2 aromatic carbocycles. The van der Waals surface area contributed by atoms with Gasteiger partial charge in [-0.1, -0.05) is 18.2 Å². The van der Waals surface area contributed by atoms with Crippen molar-refractivity contribution in [2.45, 2.75) is 19.0 Å². The number of alkyl halides is 3. The van der Waals surface area contributed by atoms with Gasteiger partial charge in [-0.05, 0) is 52.2 Å². The van der Waals surface area contributed by atoms with Crippen molar-refractivity contribution in [2.75, 3.05) is 19.0 Å². The number of anilines is 1. The first-order valence-electron chi connectivity index (χ1n) is 8.26. The van der Waals surface area contributed by atoms with Gasteiger partial charge >= 0.3 is 6.18 Å². The van der Waals surface area contributed by atoms with E-state index in [1.165, 1.54) is 18.2 Å². The number of carbonyl (C=O) groups is 2. The SMILES string of the molecule is COc1ccc(CCC(=O)Nc2ccccc2C(=O)NCC(F)(F)F)cc1Br. The Labute approximate surface area is 168 Å². The number of para-hydroxylation sites is 1. The third-order valence-electron chi connectivity index (χ3n) is 3.75. The smallest absolute Gasteiger partial charge is 0.405 e. The molecular weight excluding hydrogens is 441 g/mol. The Morgan fingerprint density at radius 1 is 1.14 bits per heavy atom. The fraction of sp³-hybridized carbons (Fsp3) is 0.263. The molecule has 0 saturated heterocycles. The maximum absolute atomic E-state index is 12.3. The number of ether oxygens (including phenoxy) is 1. The Kier molecular flexibility index (Phi) is 7.45. The van der Waals surface area contributed by atoms with E-state index in [-0.39, 0.29) is 23.6 Å². The summed E-state index contributed by atoms with van der Waals surface area (Å²) in [6.45, 7) is -1.44. The lowest BCUT2D eigenvalue weighted by Gasteiger charge is -2.13. The number of methoxy groups -OCH3 is 1. The van der Waals surface area contributed by atoms with Crippen molar-refractivity contribution in [3.8, 4) is 5.75 Å². The zero-order valence-electron chi connectivity index (χ0n) is 14.9. The predicted molar refractivity (Wildman–Crippen MR) is 102 cm³/mol. The number of amides is 2. The Bertz CT molecular complexity index is 857. The van der Waals surface area contributed by atoms with Crippen LogP contribution >= 0.6 is 15.9 Å². The van der Waals surface area contributed by atoms with Gasteiger partial charge in [0.05, 0.1) is 22.8 Å². The molecule has 2 N–H and O–H groups in total. The summed E-state index contributed by atoms with van der Waals surface area (Å²) in [5, 5.41) is 4.37. The number of nitrogens with one attached hydrogen (secondary N) is 2. The quantitative estimate of drug-likeness (QED) is 0.648. The molecule has 0 radical (unpaired) electrons. The van der Waals surface area contributed by atoms with E-state index in [1.807, 2.05) is 12.1 Å². The summed E-state index contributed by atoms with van der Waals surface area (Å²) in [5.41, 5.74) is 1.02. The van der Waals surface area contributed by atoms with Crippen LogP contribution in [0.5, 0.6) is 5.75 Å². The van der Waals surface area contributed by atoms with Crippen molar-refractivity contribution >= 4 is 33.4 Å². The van der Waals surface area contributed by atoms with E-state index >= 15 is 0 Å². The molecule has 0 aliphatic heterocycles. The first-order valence-corrected chi connectivity index (χ1v) is 9.05. The van der Waals surface area contributed by atoms with E-state index in [9.17, 15) is 22.8 Å². The molecule has 2 aromatic rings. The summed E-state index contributed by atoms with van der Waals surface area (Å²) in [7, 11) is 1.55. The fourth-order valence-electron chi connectivity index (χ4n) is 2.40. The highest BCUT2D eigenvalue weighted by atomic mass is 79.9. The van der Waals surface area contributed by atoms with Gasteiger partial charge in [0.1, 0.15) is 12.3 Å². The molecule has 0 bridgehead atoms. The first kappa shape index (κ1) is 21.7. The van der Waals surface area contributed by atoms with Gasteiger partial charge in [-0.15, -0.1) is 0 Å². The molecule has 2 amide bonds. The van der Waals surface area contributed by atoms with Crippen molar-refractivity contribution in [2.24, 2.45) is 0 Å². The number of halogens is 4. The van der Waals surface area contributed by atoms with Gasteiger partial charge in [0, 0.05) is 6.42 Å². The number of hydrogen-bond donors (Lipinski definition) is 2. The van der Waals surface area contributed by atoms with Crippen molar-refractivity contribution in [1.29, 1.82) is 0 Å². The van der Waals surface area contributed by atoms with Gasteiger partial charge in [0.2, 0.25) is 5.91 Å². The Hall–Kier alpha value is -2.55. The molecule has 0 unspecified atom stereocenters. The number of benzene rings is 2.